The predicted octanol–water partition coefficient (Wildman–Crippen LogP) is 9.50. The van der Waals surface area contributed by atoms with E-state index >= 15 is 0 Å². The van der Waals surface area contributed by atoms with Gasteiger partial charge in [0.05, 0.1) is 11.1 Å². The molecule has 1 aromatic heterocycles. The molecule has 6 rings (SSSR count). The molecule has 10 heteroatoms. The fourth-order valence-electron chi connectivity index (χ4n) is 5.68. The molecule has 2 N–H and O–H groups in total. The van der Waals surface area contributed by atoms with Crippen LogP contribution in [0.15, 0.2) is 137 Å². The maximum absolute atomic E-state index is 12.9. The van der Waals surface area contributed by atoms with E-state index in [4.69, 9.17) is 4.74 Å². The Bertz CT molecular complexity index is 2150. The monoisotopic (exact) mass is 690 g/mol. The third-order valence-corrected chi connectivity index (χ3v) is 8.53. The molecule has 5 aromatic carbocycles. The Morgan fingerprint density at radius 2 is 1.41 bits per heavy atom. The first-order chi connectivity index (χ1) is 24.6. The number of hydrogen-bond donors (Lipinski definition) is 2. The predicted molar refractivity (Wildman–Crippen MR) is 188 cm³/mol. The van der Waals surface area contributed by atoms with Gasteiger partial charge in [0.15, 0.2) is 5.82 Å². The second-order valence-corrected chi connectivity index (χ2v) is 12.1. The summed E-state index contributed by atoms with van der Waals surface area (Å²) in [5.41, 5.74) is 5.73. The van der Waals surface area contributed by atoms with Crippen LogP contribution in [0.4, 0.5) is 13.2 Å². The fraction of sp³-hybridized carbons (Fsp3) is 0.146. The van der Waals surface area contributed by atoms with Crippen molar-refractivity contribution in [2.75, 3.05) is 0 Å². The maximum atomic E-state index is 12.9. The van der Waals surface area contributed by atoms with Crippen LogP contribution < -0.4 is 10.5 Å². The number of H-pyrrole nitrogens is 1. The van der Waals surface area contributed by atoms with E-state index < -0.39 is 23.5 Å². The van der Waals surface area contributed by atoms with Crippen LogP contribution >= 0.6 is 0 Å². The molecule has 0 aliphatic heterocycles. The number of hydrogen-bond acceptors (Lipinski definition) is 5. The van der Waals surface area contributed by atoms with Crippen LogP contribution in [-0.4, -0.2) is 21.2 Å². The number of aromatic carboxylic acids is 1. The standard InChI is InChI=1S/C41H33F3N2O5/c42-41(43,44)36-23-21-32(22-24-36)31-14-12-30(13-15-31)26-50-37-4-2-1-3-33(37)16-9-28(25-29-10-19-35(20-11-29)39(47)48)6-5-27-7-17-34(18-8-27)38-45-40(49)51-46-38/h1-4,7-24,28H,5-6,25-26H2,(H,47,48)(H,45,46,49)/b16-9+/t28-/m1/s1. The SMILES string of the molecule is O=C(O)c1ccc(C[C@@H](/C=C/c2ccccc2OCc2ccc(-c3ccc(C(F)(F)F)cc3)cc2)CCc2ccc(-c3noc(=O)[nH]3)cc2)cc1. The summed E-state index contributed by atoms with van der Waals surface area (Å²) in [6, 6.07) is 35.0. The molecule has 0 amide bonds. The highest BCUT2D eigenvalue weighted by molar-refractivity contribution is 5.87. The van der Waals surface area contributed by atoms with Crippen LogP contribution in [0.3, 0.4) is 0 Å². The zero-order chi connectivity index (χ0) is 35.8. The van der Waals surface area contributed by atoms with Gasteiger partial charge >= 0.3 is 17.9 Å². The first-order valence-electron chi connectivity index (χ1n) is 16.2. The minimum atomic E-state index is -4.38. The van der Waals surface area contributed by atoms with Gasteiger partial charge in [-0.25, -0.2) is 9.59 Å². The smallest absolute Gasteiger partial charge is 0.439 e. The average molecular weight is 691 g/mol. The highest BCUT2D eigenvalue weighted by Crippen LogP contribution is 2.31. The molecular weight excluding hydrogens is 657 g/mol. The average Bonchev–Trinajstić information content (AvgIpc) is 3.58. The molecule has 0 spiro atoms. The Kier molecular flexibility index (Phi) is 10.6. The number of alkyl halides is 3. The highest BCUT2D eigenvalue weighted by atomic mass is 19.4. The summed E-state index contributed by atoms with van der Waals surface area (Å²) >= 11 is 0. The van der Waals surface area contributed by atoms with Crippen molar-refractivity contribution in [1.82, 2.24) is 10.1 Å². The first-order valence-corrected chi connectivity index (χ1v) is 16.2. The molecule has 0 aliphatic carbocycles. The Morgan fingerprint density at radius 3 is 2.04 bits per heavy atom. The molecule has 0 aliphatic rings. The third kappa shape index (κ3) is 9.30. The van der Waals surface area contributed by atoms with E-state index in [9.17, 15) is 27.9 Å². The second kappa shape index (κ2) is 15.6. The fourth-order valence-corrected chi connectivity index (χ4v) is 5.68. The van der Waals surface area contributed by atoms with E-state index in [-0.39, 0.29) is 11.5 Å². The van der Waals surface area contributed by atoms with Gasteiger partial charge < -0.3 is 9.84 Å². The van der Waals surface area contributed by atoms with Crippen LogP contribution in [0.2, 0.25) is 0 Å². The van der Waals surface area contributed by atoms with Gasteiger partial charge in [0.1, 0.15) is 12.4 Å². The summed E-state index contributed by atoms with van der Waals surface area (Å²) in [4.78, 5) is 25.3. The molecular formula is C41H33F3N2O5. The number of carboxylic acid groups (broad SMARTS) is 1. The molecule has 1 atom stereocenters. The lowest BCUT2D eigenvalue weighted by Crippen LogP contribution is -2.05. The number of nitrogens with zero attached hydrogens (tertiary/aromatic N) is 1. The molecule has 0 saturated heterocycles. The van der Waals surface area contributed by atoms with Crippen molar-refractivity contribution in [3.8, 4) is 28.3 Å². The van der Waals surface area contributed by atoms with Gasteiger partial charge in [-0.05, 0) is 83.3 Å². The molecule has 0 bridgehead atoms. The van der Waals surface area contributed by atoms with Gasteiger partial charge in [-0.2, -0.15) is 13.2 Å². The lowest BCUT2D eigenvalue weighted by molar-refractivity contribution is -0.137. The van der Waals surface area contributed by atoms with Crippen LogP contribution in [0.25, 0.3) is 28.6 Å². The van der Waals surface area contributed by atoms with Gasteiger partial charge in [0.25, 0.3) is 0 Å². The first kappa shape index (κ1) is 34.7. The van der Waals surface area contributed by atoms with E-state index in [1.165, 1.54) is 12.1 Å². The number of para-hydroxylation sites is 1. The molecule has 6 aromatic rings. The quantitative estimate of drug-likeness (QED) is 0.125. The summed E-state index contributed by atoms with van der Waals surface area (Å²) in [6.45, 7) is 0.301. The van der Waals surface area contributed by atoms with Crippen molar-refractivity contribution in [3.05, 3.63) is 171 Å². The summed E-state index contributed by atoms with van der Waals surface area (Å²) in [6.07, 6.45) is 2.11. The van der Waals surface area contributed by atoms with Crippen LogP contribution in [0.5, 0.6) is 5.75 Å². The second-order valence-electron chi connectivity index (χ2n) is 12.1. The lowest BCUT2D eigenvalue weighted by Gasteiger charge is -2.15. The number of allylic oxidation sites excluding steroid dienone is 1. The van der Waals surface area contributed by atoms with Crippen molar-refractivity contribution < 1.29 is 32.3 Å². The Hall–Kier alpha value is -6.16. The molecule has 0 fully saturated rings. The van der Waals surface area contributed by atoms with Crippen molar-refractivity contribution in [1.29, 1.82) is 0 Å². The Morgan fingerprint density at radius 1 is 0.804 bits per heavy atom. The summed E-state index contributed by atoms with van der Waals surface area (Å²) in [5.74, 6) is -0.402. The van der Waals surface area contributed by atoms with Gasteiger partial charge in [-0.3, -0.25) is 9.51 Å². The van der Waals surface area contributed by atoms with Crippen molar-refractivity contribution in [2.24, 2.45) is 5.92 Å². The molecule has 258 valence electrons. The van der Waals surface area contributed by atoms with Crippen LogP contribution in [0.1, 0.15) is 44.6 Å². The van der Waals surface area contributed by atoms with E-state index in [0.717, 1.165) is 58.4 Å². The van der Waals surface area contributed by atoms with Crippen molar-refractivity contribution in [2.45, 2.75) is 32.0 Å². The Labute approximate surface area is 291 Å². The number of benzene rings is 5. The van der Waals surface area contributed by atoms with Gasteiger partial charge in [-0.15, -0.1) is 0 Å². The number of halogens is 3. The molecule has 0 unspecified atom stereocenters. The van der Waals surface area contributed by atoms with Crippen LogP contribution in [0, 0.1) is 5.92 Å². The lowest BCUT2D eigenvalue weighted by atomic mass is 9.91. The molecule has 7 nitrogen and oxygen atoms in total. The van der Waals surface area contributed by atoms with Gasteiger partial charge in [-0.1, -0.05) is 108 Å². The Balaban J connectivity index is 1.13. The van der Waals surface area contributed by atoms with E-state index in [1.54, 1.807) is 12.1 Å². The number of aryl methyl sites for hydroxylation is 1. The van der Waals surface area contributed by atoms with E-state index in [2.05, 4.69) is 20.7 Å². The van der Waals surface area contributed by atoms with Crippen molar-refractivity contribution >= 4 is 12.0 Å². The highest BCUT2D eigenvalue weighted by Gasteiger charge is 2.30. The number of aromatic amines is 1. The molecule has 0 saturated carbocycles. The number of carbonyl (C=O) groups is 1. The molecule has 0 radical (unpaired) electrons. The minimum absolute atomic E-state index is 0.109. The van der Waals surface area contributed by atoms with Crippen LogP contribution in [-0.2, 0) is 25.6 Å². The number of carboxylic acids is 1. The topological polar surface area (TPSA) is 105 Å². The largest absolute Gasteiger partial charge is 0.488 e. The normalized spacial score (nSPS) is 12.2. The van der Waals surface area contributed by atoms with E-state index in [1.807, 2.05) is 91.0 Å². The number of rotatable bonds is 13. The maximum Gasteiger partial charge on any atom is 0.439 e. The molecule has 1 heterocycles. The minimum Gasteiger partial charge on any atom is -0.488 e. The summed E-state index contributed by atoms with van der Waals surface area (Å²) < 4.78 is 49.7. The third-order valence-electron chi connectivity index (χ3n) is 8.53. The molecule has 51 heavy (non-hydrogen) atoms. The number of aromatic nitrogens is 2. The summed E-state index contributed by atoms with van der Waals surface area (Å²) in [7, 11) is 0. The van der Waals surface area contributed by atoms with E-state index in [0.29, 0.717) is 30.2 Å². The zero-order valence-corrected chi connectivity index (χ0v) is 27.3. The zero-order valence-electron chi connectivity index (χ0n) is 27.3. The summed E-state index contributed by atoms with van der Waals surface area (Å²) in [5, 5.41) is 13.1. The van der Waals surface area contributed by atoms with Gasteiger partial charge in [0.2, 0.25) is 0 Å². The number of nitrogens with one attached hydrogen (secondary N) is 1. The van der Waals surface area contributed by atoms with Gasteiger partial charge in [0, 0.05) is 11.1 Å². The van der Waals surface area contributed by atoms with Crippen molar-refractivity contribution in [3.63, 3.8) is 0 Å². The number of ether oxygens (including phenoxy) is 1.